The van der Waals surface area contributed by atoms with Crippen LogP contribution in [0.5, 0.6) is 11.5 Å². The lowest BCUT2D eigenvalue weighted by Gasteiger charge is -2.13. The lowest BCUT2D eigenvalue weighted by molar-refractivity contribution is 0.397. The number of methoxy groups -OCH3 is 2. The van der Waals surface area contributed by atoms with Crippen molar-refractivity contribution in [1.29, 1.82) is 0 Å². The van der Waals surface area contributed by atoms with Crippen LogP contribution in [0.3, 0.4) is 0 Å². The fourth-order valence-corrected chi connectivity index (χ4v) is 2.88. The summed E-state index contributed by atoms with van der Waals surface area (Å²) in [6, 6.07) is 4.03. The van der Waals surface area contributed by atoms with Crippen molar-refractivity contribution in [3.63, 3.8) is 0 Å². The van der Waals surface area contributed by atoms with Gasteiger partial charge in [-0.25, -0.2) is 0 Å². The first kappa shape index (κ1) is 13.1. The Kier molecular flexibility index (Phi) is 3.40. The second-order valence-electron chi connectivity index (χ2n) is 5.06. The van der Waals surface area contributed by atoms with Crippen molar-refractivity contribution >= 4 is 16.5 Å². The van der Waals surface area contributed by atoms with Gasteiger partial charge in [-0.2, -0.15) is 0 Å². The molecule has 4 nitrogen and oxygen atoms in total. The monoisotopic (exact) mass is 272 g/mol. The Bertz CT molecular complexity index is 671. The summed E-state index contributed by atoms with van der Waals surface area (Å²) in [5.74, 6) is 1.68. The molecule has 0 radical (unpaired) electrons. The third-order valence-electron chi connectivity index (χ3n) is 3.88. The van der Waals surface area contributed by atoms with Crippen LogP contribution in [0.4, 0.5) is 0 Å². The average Bonchev–Trinajstić information content (AvgIpc) is 2.84. The molecular weight excluding hydrogens is 252 g/mol. The molecule has 0 saturated carbocycles. The van der Waals surface area contributed by atoms with Gasteiger partial charge >= 0.3 is 0 Å². The SMILES string of the molecule is COc1cc(OC)c2c(c1)c(C1=CCNCC1)cn2C. The zero-order chi connectivity index (χ0) is 14.1. The summed E-state index contributed by atoms with van der Waals surface area (Å²) in [7, 11) is 5.44. The minimum atomic E-state index is 0.830. The van der Waals surface area contributed by atoms with E-state index in [1.165, 1.54) is 16.5 Å². The van der Waals surface area contributed by atoms with Crippen molar-refractivity contribution < 1.29 is 9.47 Å². The number of aromatic nitrogens is 1. The molecule has 1 aromatic heterocycles. The Labute approximate surface area is 119 Å². The lowest BCUT2D eigenvalue weighted by atomic mass is 9.99. The Hall–Kier alpha value is -1.94. The fourth-order valence-electron chi connectivity index (χ4n) is 2.88. The molecule has 20 heavy (non-hydrogen) atoms. The first-order chi connectivity index (χ1) is 9.74. The smallest absolute Gasteiger partial charge is 0.146 e. The Morgan fingerprint density at radius 2 is 2.05 bits per heavy atom. The van der Waals surface area contributed by atoms with Gasteiger partial charge in [-0.3, -0.25) is 0 Å². The highest BCUT2D eigenvalue weighted by molar-refractivity contribution is 5.97. The molecule has 1 N–H and O–H groups in total. The Morgan fingerprint density at radius 3 is 2.70 bits per heavy atom. The first-order valence-corrected chi connectivity index (χ1v) is 6.85. The number of aryl methyl sites for hydroxylation is 1. The van der Waals surface area contributed by atoms with Crippen molar-refractivity contribution in [1.82, 2.24) is 9.88 Å². The summed E-state index contributed by atoms with van der Waals surface area (Å²) in [5.41, 5.74) is 3.79. The van der Waals surface area contributed by atoms with Gasteiger partial charge in [-0.1, -0.05) is 6.08 Å². The van der Waals surface area contributed by atoms with Crippen LogP contribution >= 0.6 is 0 Å². The maximum Gasteiger partial charge on any atom is 0.146 e. The molecule has 1 aromatic carbocycles. The van der Waals surface area contributed by atoms with Crippen LogP contribution in [-0.4, -0.2) is 31.9 Å². The second kappa shape index (κ2) is 5.21. The van der Waals surface area contributed by atoms with Crippen LogP contribution in [0.2, 0.25) is 0 Å². The van der Waals surface area contributed by atoms with Gasteiger partial charge in [0, 0.05) is 36.8 Å². The van der Waals surface area contributed by atoms with Crippen LogP contribution in [-0.2, 0) is 7.05 Å². The molecule has 1 aliphatic heterocycles. The van der Waals surface area contributed by atoms with Gasteiger partial charge in [-0.15, -0.1) is 0 Å². The topological polar surface area (TPSA) is 35.4 Å². The largest absolute Gasteiger partial charge is 0.497 e. The number of hydrogen-bond donors (Lipinski definition) is 1. The number of nitrogens with zero attached hydrogens (tertiary/aromatic N) is 1. The number of ether oxygens (including phenoxy) is 2. The molecule has 2 heterocycles. The van der Waals surface area contributed by atoms with Gasteiger partial charge in [-0.05, 0) is 24.6 Å². The molecule has 3 rings (SSSR count). The fraction of sp³-hybridized carbons (Fsp3) is 0.375. The molecule has 0 spiro atoms. The summed E-state index contributed by atoms with van der Waals surface area (Å²) in [6.07, 6.45) is 5.51. The van der Waals surface area contributed by atoms with Gasteiger partial charge in [0.1, 0.15) is 11.5 Å². The summed E-state index contributed by atoms with van der Waals surface area (Å²) >= 11 is 0. The summed E-state index contributed by atoms with van der Waals surface area (Å²) < 4.78 is 13.0. The van der Waals surface area contributed by atoms with E-state index in [1.54, 1.807) is 14.2 Å². The number of hydrogen-bond acceptors (Lipinski definition) is 3. The van der Waals surface area contributed by atoms with E-state index >= 15 is 0 Å². The Morgan fingerprint density at radius 1 is 1.20 bits per heavy atom. The van der Waals surface area contributed by atoms with E-state index in [9.17, 15) is 0 Å². The number of benzene rings is 1. The molecule has 0 saturated heterocycles. The first-order valence-electron chi connectivity index (χ1n) is 6.85. The molecular formula is C16H20N2O2. The molecule has 0 fully saturated rings. The lowest BCUT2D eigenvalue weighted by Crippen LogP contribution is -2.19. The van der Waals surface area contributed by atoms with Crippen LogP contribution in [0, 0.1) is 0 Å². The predicted molar refractivity (Wildman–Crippen MR) is 81.5 cm³/mol. The van der Waals surface area contributed by atoms with Gasteiger partial charge in [0.25, 0.3) is 0 Å². The molecule has 0 unspecified atom stereocenters. The van der Waals surface area contributed by atoms with E-state index in [2.05, 4.69) is 35.3 Å². The highest BCUT2D eigenvalue weighted by Crippen LogP contribution is 2.37. The minimum absolute atomic E-state index is 0.830. The molecule has 106 valence electrons. The summed E-state index contributed by atoms with van der Waals surface area (Å²) in [5, 5.41) is 4.54. The van der Waals surface area contributed by atoms with Crippen molar-refractivity contribution in [2.45, 2.75) is 6.42 Å². The molecule has 2 aromatic rings. The van der Waals surface area contributed by atoms with Crippen LogP contribution in [0.25, 0.3) is 16.5 Å². The standard InChI is InChI=1S/C16H20N2O2/c1-18-10-14(11-4-6-17-7-5-11)13-8-12(19-2)9-15(20-3)16(13)18/h4,8-10,17H,5-7H2,1-3H3. The third kappa shape index (κ3) is 2.06. The van der Waals surface area contributed by atoms with Gasteiger partial charge in [0.05, 0.1) is 19.7 Å². The van der Waals surface area contributed by atoms with E-state index in [0.717, 1.165) is 36.5 Å². The zero-order valence-electron chi connectivity index (χ0n) is 12.2. The van der Waals surface area contributed by atoms with Crippen molar-refractivity contribution in [2.24, 2.45) is 7.05 Å². The highest BCUT2D eigenvalue weighted by Gasteiger charge is 2.16. The third-order valence-corrected chi connectivity index (χ3v) is 3.88. The van der Waals surface area contributed by atoms with Crippen molar-refractivity contribution in [3.05, 3.63) is 30.0 Å². The number of nitrogens with one attached hydrogen (secondary N) is 1. The highest BCUT2D eigenvalue weighted by atomic mass is 16.5. The van der Waals surface area contributed by atoms with E-state index in [1.807, 2.05) is 6.07 Å². The van der Waals surface area contributed by atoms with Crippen LogP contribution in [0.15, 0.2) is 24.4 Å². The normalized spacial score (nSPS) is 15.2. The zero-order valence-corrected chi connectivity index (χ0v) is 12.2. The number of fused-ring (bicyclic) bond motifs is 1. The summed E-state index contributed by atoms with van der Waals surface area (Å²) in [6.45, 7) is 1.97. The van der Waals surface area contributed by atoms with Gasteiger partial charge in [0.2, 0.25) is 0 Å². The minimum Gasteiger partial charge on any atom is -0.497 e. The molecule has 0 aliphatic carbocycles. The van der Waals surface area contributed by atoms with Crippen LogP contribution < -0.4 is 14.8 Å². The van der Waals surface area contributed by atoms with Crippen molar-refractivity contribution in [3.8, 4) is 11.5 Å². The molecule has 0 atom stereocenters. The molecule has 0 bridgehead atoms. The predicted octanol–water partition coefficient (Wildman–Crippen LogP) is 2.57. The molecule has 4 heteroatoms. The molecule has 1 aliphatic rings. The maximum atomic E-state index is 5.52. The van der Waals surface area contributed by atoms with E-state index in [-0.39, 0.29) is 0 Å². The molecule has 0 amide bonds. The Balaban J connectivity index is 2.25. The second-order valence-corrected chi connectivity index (χ2v) is 5.06. The van der Waals surface area contributed by atoms with Crippen molar-refractivity contribution in [2.75, 3.05) is 27.3 Å². The maximum absolute atomic E-state index is 5.52. The van der Waals surface area contributed by atoms with E-state index in [4.69, 9.17) is 9.47 Å². The van der Waals surface area contributed by atoms with E-state index in [0.29, 0.717) is 0 Å². The van der Waals surface area contributed by atoms with Gasteiger partial charge in [0.15, 0.2) is 0 Å². The average molecular weight is 272 g/mol. The number of rotatable bonds is 3. The van der Waals surface area contributed by atoms with Crippen LogP contribution in [0.1, 0.15) is 12.0 Å². The van der Waals surface area contributed by atoms with Gasteiger partial charge < -0.3 is 19.4 Å². The van der Waals surface area contributed by atoms with E-state index < -0.39 is 0 Å². The quantitative estimate of drug-likeness (QED) is 0.932. The summed E-state index contributed by atoms with van der Waals surface area (Å²) in [4.78, 5) is 0.